The van der Waals surface area contributed by atoms with Gasteiger partial charge in [-0.3, -0.25) is 9.59 Å². The van der Waals surface area contributed by atoms with Crippen LogP contribution in [0.1, 0.15) is 73.1 Å². The zero-order valence-corrected chi connectivity index (χ0v) is 17.2. The summed E-state index contributed by atoms with van der Waals surface area (Å²) in [6.45, 7) is 2.93. The molecule has 29 heavy (non-hydrogen) atoms. The zero-order chi connectivity index (χ0) is 20.0. The van der Waals surface area contributed by atoms with Gasteiger partial charge in [0, 0.05) is 37.4 Å². The van der Waals surface area contributed by atoms with Crippen LogP contribution in [0.5, 0.6) is 0 Å². The Labute approximate surface area is 172 Å². The number of nitrogens with two attached hydrogens (primary N) is 1. The molecule has 0 radical (unpaired) electrons. The van der Waals surface area contributed by atoms with Crippen molar-refractivity contribution in [3.63, 3.8) is 0 Å². The summed E-state index contributed by atoms with van der Waals surface area (Å²) in [4.78, 5) is 39.4. The predicted octanol–water partition coefficient (Wildman–Crippen LogP) is 2.19. The van der Waals surface area contributed by atoms with Crippen LogP contribution in [-0.2, 0) is 17.6 Å². The number of nitrogen functional groups attached to an aromatic ring is 1. The normalized spacial score (nSPS) is 27.2. The number of aryl methyl sites for hydroxylation is 1. The lowest BCUT2D eigenvalue weighted by Gasteiger charge is -2.42. The Morgan fingerprint density at radius 1 is 1.07 bits per heavy atom. The first-order chi connectivity index (χ1) is 14.1. The molecule has 2 amide bonds. The minimum Gasteiger partial charge on any atom is -0.368 e. The molecule has 3 fully saturated rings. The molecule has 1 aromatic heterocycles. The fourth-order valence-electron chi connectivity index (χ4n) is 5.68. The lowest BCUT2D eigenvalue weighted by atomic mass is 9.77. The van der Waals surface area contributed by atoms with E-state index in [1.54, 1.807) is 0 Å². The Hall–Kier alpha value is -2.18. The van der Waals surface area contributed by atoms with Crippen molar-refractivity contribution in [2.75, 3.05) is 31.9 Å². The van der Waals surface area contributed by atoms with Gasteiger partial charge in [-0.2, -0.15) is 0 Å². The first-order valence-electron chi connectivity index (χ1n) is 11.3. The van der Waals surface area contributed by atoms with Crippen LogP contribution in [0.2, 0.25) is 0 Å². The highest BCUT2D eigenvalue weighted by Crippen LogP contribution is 2.41. The van der Waals surface area contributed by atoms with E-state index in [1.807, 2.05) is 4.90 Å². The van der Waals surface area contributed by atoms with Crippen molar-refractivity contribution >= 4 is 17.8 Å². The summed E-state index contributed by atoms with van der Waals surface area (Å²) in [6.07, 6.45) is 10.3. The second-order valence-electron chi connectivity index (χ2n) is 9.47. The molecule has 0 aromatic carbocycles. The molecule has 0 bridgehead atoms. The van der Waals surface area contributed by atoms with E-state index in [0.717, 1.165) is 69.3 Å². The van der Waals surface area contributed by atoms with Gasteiger partial charge in [0.25, 0.3) is 5.91 Å². The van der Waals surface area contributed by atoms with E-state index in [0.29, 0.717) is 24.7 Å². The Morgan fingerprint density at radius 3 is 2.69 bits per heavy atom. The van der Waals surface area contributed by atoms with Crippen LogP contribution >= 0.6 is 0 Å². The number of carbonyl (C=O) groups is 2. The van der Waals surface area contributed by atoms with Crippen molar-refractivity contribution in [1.82, 2.24) is 19.8 Å². The number of hydrogen-bond donors (Lipinski definition) is 1. The molecule has 2 aliphatic heterocycles. The lowest BCUT2D eigenvalue weighted by Crippen LogP contribution is -2.52. The minimum absolute atomic E-state index is 0.0713. The summed E-state index contributed by atoms with van der Waals surface area (Å²) < 4.78 is 0. The number of likely N-dealkylation sites (tertiary alicyclic amines) is 2. The SMILES string of the molecule is Nc1nc2c(c(C(=O)N3CC[C@@]4(CCCN(CC5CCC5)C4=O)C3)n1)CCCC2. The maximum absolute atomic E-state index is 13.4. The summed E-state index contributed by atoms with van der Waals surface area (Å²) in [5.74, 6) is 1.07. The van der Waals surface area contributed by atoms with Crippen LogP contribution in [0.3, 0.4) is 0 Å². The zero-order valence-electron chi connectivity index (χ0n) is 17.2. The monoisotopic (exact) mass is 397 g/mol. The van der Waals surface area contributed by atoms with E-state index in [2.05, 4.69) is 14.9 Å². The number of amides is 2. The van der Waals surface area contributed by atoms with Gasteiger partial charge >= 0.3 is 0 Å². The largest absolute Gasteiger partial charge is 0.368 e. The minimum atomic E-state index is -0.393. The van der Waals surface area contributed by atoms with Gasteiger partial charge in [-0.15, -0.1) is 0 Å². The molecule has 1 atom stereocenters. The number of hydrogen-bond acceptors (Lipinski definition) is 5. The molecule has 4 aliphatic rings. The van der Waals surface area contributed by atoms with Crippen LogP contribution in [0.4, 0.5) is 5.95 Å². The maximum atomic E-state index is 13.4. The highest BCUT2D eigenvalue weighted by Gasteiger charge is 2.50. The molecule has 2 saturated heterocycles. The third kappa shape index (κ3) is 3.28. The van der Waals surface area contributed by atoms with Gasteiger partial charge in [-0.1, -0.05) is 6.42 Å². The first-order valence-corrected chi connectivity index (χ1v) is 11.3. The molecule has 7 nitrogen and oxygen atoms in total. The van der Waals surface area contributed by atoms with Crippen LogP contribution < -0.4 is 5.73 Å². The van der Waals surface area contributed by atoms with Crippen LogP contribution in [0.25, 0.3) is 0 Å². The lowest BCUT2D eigenvalue weighted by molar-refractivity contribution is -0.146. The van der Waals surface area contributed by atoms with Crippen molar-refractivity contribution in [1.29, 1.82) is 0 Å². The highest BCUT2D eigenvalue weighted by molar-refractivity contribution is 5.95. The quantitative estimate of drug-likeness (QED) is 0.844. The average Bonchev–Trinajstić information content (AvgIpc) is 3.11. The molecule has 7 heteroatoms. The van der Waals surface area contributed by atoms with Gasteiger partial charge in [0.1, 0.15) is 5.69 Å². The third-order valence-corrected chi connectivity index (χ3v) is 7.57. The summed E-state index contributed by atoms with van der Waals surface area (Å²) in [7, 11) is 0. The molecular formula is C22H31N5O2. The smallest absolute Gasteiger partial charge is 0.272 e. The van der Waals surface area contributed by atoms with Crippen molar-refractivity contribution < 1.29 is 9.59 Å². The average molecular weight is 398 g/mol. The molecule has 1 aromatic rings. The Kier molecular flexibility index (Phi) is 4.71. The molecule has 2 N–H and O–H groups in total. The predicted molar refractivity (Wildman–Crippen MR) is 109 cm³/mol. The second-order valence-corrected chi connectivity index (χ2v) is 9.47. The molecular weight excluding hydrogens is 366 g/mol. The summed E-state index contributed by atoms with van der Waals surface area (Å²) in [6, 6.07) is 0. The van der Waals surface area contributed by atoms with Gasteiger partial charge in [0.2, 0.25) is 11.9 Å². The van der Waals surface area contributed by atoms with Crippen LogP contribution in [-0.4, -0.2) is 57.8 Å². The Balaban J connectivity index is 1.34. The number of anilines is 1. The number of carbonyl (C=O) groups excluding carboxylic acids is 2. The summed E-state index contributed by atoms with van der Waals surface area (Å²) in [5.41, 5.74) is 7.89. The second kappa shape index (κ2) is 7.26. The molecule has 2 aliphatic carbocycles. The van der Waals surface area contributed by atoms with E-state index >= 15 is 0 Å². The molecule has 156 valence electrons. The Bertz CT molecular complexity index is 837. The van der Waals surface area contributed by atoms with E-state index < -0.39 is 5.41 Å². The Morgan fingerprint density at radius 2 is 1.90 bits per heavy atom. The van der Waals surface area contributed by atoms with Crippen molar-refractivity contribution in [3.05, 3.63) is 17.0 Å². The third-order valence-electron chi connectivity index (χ3n) is 7.57. The van der Waals surface area contributed by atoms with E-state index in [4.69, 9.17) is 5.73 Å². The van der Waals surface area contributed by atoms with E-state index in [-0.39, 0.29) is 17.8 Å². The van der Waals surface area contributed by atoms with Crippen molar-refractivity contribution in [2.45, 2.75) is 64.2 Å². The molecule has 3 heterocycles. The molecule has 5 rings (SSSR count). The van der Waals surface area contributed by atoms with Crippen molar-refractivity contribution in [2.24, 2.45) is 11.3 Å². The summed E-state index contributed by atoms with van der Waals surface area (Å²) >= 11 is 0. The first kappa shape index (κ1) is 18.8. The van der Waals surface area contributed by atoms with E-state index in [9.17, 15) is 9.59 Å². The molecule has 1 spiro atoms. The van der Waals surface area contributed by atoms with Crippen LogP contribution in [0, 0.1) is 11.3 Å². The fourth-order valence-corrected chi connectivity index (χ4v) is 5.68. The molecule has 1 saturated carbocycles. The number of nitrogens with zero attached hydrogens (tertiary/aromatic N) is 4. The van der Waals surface area contributed by atoms with Gasteiger partial charge < -0.3 is 15.5 Å². The maximum Gasteiger partial charge on any atom is 0.272 e. The van der Waals surface area contributed by atoms with Gasteiger partial charge in [-0.25, -0.2) is 9.97 Å². The highest BCUT2D eigenvalue weighted by atomic mass is 16.2. The van der Waals surface area contributed by atoms with Crippen molar-refractivity contribution in [3.8, 4) is 0 Å². The molecule has 0 unspecified atom stereocenters. The van der Waals surface area contributed by atoms with Gasteiger partial charge in [0.05, 0.1) is 5.41 Å². The number of aromatic nitrogens is 2. The summed E-state index contributed by atoms with van der Waals surface area (Å²) in [5, 5.41) is 0. The van der Waals surface area contributed by atoms with Gasteiger partial charge in [-0.05, 0) is 63.7 Å². The van der Waals surface area contributed by atoms with Gasteiger partial charge in [0.15, 0.2) is 0 Å². The number of fused-ring (bicyclic) bond motifs is 1. The van der Waals surface area contributed by atoms with Crippen LogP contribution in [0.15, 0.2) is 0 Å². The standard InChI is InChI=1S/C22H31N5O2/c23-21-24-17-8-2-1-7-16(17)18(25-21)19(28)27-12-10-22(14-27)9-4-11-26(20(22)29)13-15-5-3-6-15/h15H,1-14H2,(H2,23,24,25)/t22-/m0/s1. The number of rotatable bonds is 3. The van der Waals surface area contributed by atoms with E-state index in [1.165, 1.54) is 19.3 Å². The topological polar surface area (TPSA) is 92.4 Å². The number of piperidine rings is 1. The fraction of sp³-hybridized carbons (Fsp3) is 0.727.